The second-order valence-electron chi connectivity index (χ2n) is 2.76. The summed E-state index contributed by atoms with van der Waals surface area (Å²) in [6, 6.07) is 5.01. The van der Waals surface area contributed by atoms with Crippen molar-refractivity contribution in [2.45, 2.75) is 12.5 Å². The van der Waals surface area contributed by atoms with Crippen LogP contribution in [0.1, 0.15) is 6.92 Å². The lowest BCUT2D eigenvalue weighted by Crippen LogP contribution is -2.14. The van der Waals surface area contributed by atoms with Crippen molar-refractivity contribution in [2.24, 2.45) is 0 Å². The number of halogens is 1. The maximum atomic E-state index is 11.0. The van der Waals surface area contributed by atoms with Gasteiger partial charge in [-0.05, 0) is 19.1 Å². The minimum Gasteiger partial charge on any atom is -0.415 e. The van der Waals surface area contributed by atoms with Gasteiger partial charge >= 0.3 is 6.16 Å². The third-order valence-electron chi connectivity index (χ3n) is 1.51. The van der Waals surface area contributed by atoms with Crippen LogP contribution in [0.4, 0.5) is 10.5 Å². The number of nitro groups is 1. The van der Waals surface area contributed by atoms with E-state index in [0.29, 0.717) is 0 Å². The summed E-state index contributed by atoms with van der Waals surface area (Å²) in [5.74, 6) is 0.146. The van der Waals surface area contributed by atoms with Gasteiger partial charge in [0.05, 0.1) is 4.92 Å². The first-order chi connectivity index (χ1) is 7.49. The maximum absolute atomic E-state index is 11.0. The Morgan fingerprint density at radius 2 is 2.00 bits per heavy atom. The van der Waals surface area contributed by atoms with Crippen LogP contribution in [0.5, 0.6) is 5.75 Å². The fourth-order valence-electron chi connectivity index (χ4n) is 0.889. The SMILES string of the molecule is CC(Cl)OC(=O)Oc1ccc([N+](=O)[O-])cc1. The van der Waals surface area contributed by atoms with Crippen LogP contribution in [0.15, 0.2) is 24.3 Å². The average Bonchev–Trinajstić information content (AvgIpc) is 2.16. The van der Waals surface area contributed by atoms with Crippen LogP contribution >= 0.6 is 11.6 Å². The van der Waals surface area contributed by atoms with Gasteiger partial charge in [-0.1, -0.05) is 11.6 Å². The van der Waals surface area contributed by atoms with Crippen molar-refractivity contribution in [2.75, 3.05) is 0 Å². The molecule has 1 aromatic rings. The fraction of sp³-hybridized carbons (Fsp3) is 0.222. The summed E-state index contributed by atoms with van der Waals surface area (Å²) in [6.45, 7) is 1.46. The third kappa shape index (κ3) is 3.74. The molecule has 0 N–H and O–H groups in total. The number of non-ortho nitro benzene ring substituents is 1. The van der Waals surface area contributed by atoms with E-state index in [-0.39, 0.29) is 11.4 Å². The van der Waals surface area contributed by atoms with E-state index < -0.39 is 16.6 Å². The number of rotatable bonds is 3. The Morgan fingerprint density at radius 3 is 2.44 bits per heavy atom. The van der Waals surface area contributed by atoms with Crippen LogP contribution in [-0.4, -0.2) is 16.6 Å². The van der Waals surface area contributed by atoms with E-state index in [2.05, 4.69) is 4.74 Å². The molecule has 6 nitrogen and oxygen atoms in total. The number of carbonyl (C=O) groups excluding carboxylic acids is 1. The maximum Gasteiger partial charge on any atom is 0.515 e. The molecule has 0 bridgehead atoms. The van der Waals surface area contributed by atoms with Crippen LogP contribution in [0, 0.1) is 10.1 Å². The summed E-state index contributed by atoms with van der Waals surface area (Å²) in [5.41, 5.74) is -0.892. The lowest BCUT2D eigenvalue weighted by molar-refractivity contribution is -0.384. The molecule has 16 heavy (non-hydrogen) atoms. The second kappa shape index (κ2) is 5.32. The summed E-state index contributed by atoms with van der Waals surface area (Å²) in [5, 5.41) is 10.3. The smallest absolute Gasteiger partial charge is 0.415 e. The molecule has 0 amide bonds. The number of hydrogen-bond acceptors (Lipinski definition) is 5. The van der Waals surface area contributed by atoms with Crippen LogP contribution in [0.25, 0.3) is 0 Å². The number of hydrogen-bond donors (Lipinski definition) is 0. The van der Waals surface area contributed by atoms with Crippen LogP contribution < -0.4 is 4.74 Å². The van der Waals surface area contributed by atoms with E-state index in [1.807, 2.05) is 0 Å². The zero-order valence-electron chi connectivity index (χ0n) is 8.25. The topological polar surface area (TPSA) is 78.7 Å². The highest BCUT2D eigenvalue weighted by atomic mass is 35.5. The van der Waals surface area contributed by atoms with Gasteiger partial charge < -0.3 is 9.47 Å². The van der Waals surface area contributed by atoms with Gasteiger partial charge in [0, 0.05) is 12.1 Å². The molecule has 1 atom stereocenters. The first-order valence-corrected chi connectivity index (χ1v) is 4.69. The van der Waals surface area contributed by atoms with Gasteiger partial charge in [0.2, 0.25) is 0 Å². The predicted octanol–water partition coefficient (Wildman–Crippen LogP) is 2.70. The van der Waals surface area contributed by atoms with E-state index in [4.69, 9.17) is 16.3 Å². The highest BCUT2D eigenvalue weighted by Gasteiger charge is 2.10. The number of ether oxygens (including phenoxy) is 2. The molecule has 0 radical (unpaired) electrons. The largest absolute Gasteiger partial charge is 0.515 e. The first kappa shape index (κ1) is 12.3. The average molecular weight is 246 g/mol. The molecular formula is C9H8ClNO5. The molecule has 7 heteroatoms. The van der Waals surface area contributed by atoms with Gasteiger partial charge in [0.15, 0.2) is 5.56 Å². The van der Waals surface area contributed by atoms with Crippen molar-refractivity contribution < 1.29 is 19.2 Å². The van der Waals surface area contributed by atoms with Gasteiger partial charge in [-0.2, -0.15) is 0 Å². The molecule has 0 heterocycles. The zero-order valence-corrected chi connectivity index (χ0v) is 9.01. The quantitative estimate of drug-likeness (QED) is 0.269. The molecule has 0 spiro atoms. The molecule has 0 aromatic heterocycles. The molecule has 0 aliphatic rings. The van der Waals surface area contributed by atoms with Gasteiger partial charge in [0.25, 0.3) is 5.69 Å². The van der Waals surface area contributed by atoms with Crippen LogP contribution in [-0.2, 0) is 4.74 Å². The summed E-state index contributed by atoms with van der Waals surface area (Å²) >= 11 is 5.39. The van der Waals surface area contributed by atoms with Gasteiger partial charge in [0.1, 0.15) is 5.75 Å². The van der Waals surface area contributed by atoms with Crippen molar-refractivity contribution in [3.8, 4) is 5.75 Å². The number of benzene rings is 1. The Hall–Kier alpha value is -1.82. The zero-order chi connectivity index (χ0) is 12.1. The lowest BCUT2D eigenvalue weighted by Gasteiger charge is -2.06. The standard InChI is InChI=1S/C9H8ClNO5/c1-6(10)15-9(12)16-8-4-2-7(3-5-8)11(13)14/h2-6H,1H3. The van der Waals surface area contributed by atoms with Crippen molar-refractivity contribution in [1.82, 2.24) is 0 Å². The van der Waals surface area contributed by atoms with E-state index in [9.17, 15) is 14.9 Å². The highest BCUT2D eigenvalue weighted by Crippen LogP contribution is 2.17. The molecule has 0 saturated heterocycles. The van der Waals surface area contributed by atoms with E-state index in [1.165, 1.54) is 31.2 Å². The number of carbonyl (C=O) groups is 1. The van der Waals surface area contributed by atoms with Crippen LogP contribution in [0.3, 0.4) is 0 Å². The van der Waals surface area contributed by atoms with Crippen molar-refractivity contribution in [3.63, 3.8) is 0 Å². The van der Waals surface area contributed by atoms with Crippen molar-refractivity contribution in [3.05, 3.63) is 34.4 Å². The second-order valence-corrected chi connectivity index (χ2v) is 3.38. The molecule has 0 aliphatic heterocycles. The fourth-order valence-corrected chi connectivity index (χ4v) is 0.962. The predicted molar refractivity (Wildman–Crippen MR) is 55.5 cm³/mol. The molecular weight excluding hydrogens is 238 g/mol. The monoisotopic (exact) mass is 245 g/mol. The summed E-state index contributed by atoms with van der Waals surface area (Å²) in [4.78, 5) is 20.8. The van der Waals surface area contributed by atoms with E-state index >= 15 is 0 Å². The minimum atomic E-state index is -0.962. The molecule has 1 aromatic carbocycles. The molecule has 0 saturated carbocycles. The molecule has 0 aliphatic carbocycles. The summed E-state index contributed by atoms with van der Waals surface area (Å²) in [7, 11) is 0. The van der Waals surface area contributed by atoms with Crippen LogP contribution in [0.2, 0.25) is 0 Å². The molecule has 0 fully saturated rings. The van der Waals surface area contributed by atoms with Crippen molar-refractivity contribution in [1.29, 1.82) is 0 Å². The molecule has 86 valence electrons. The first-order valence-electron chi connectivity index (χ1n) is 4.26. The highest BCUT2D eigenvalue weighted by molar-refractivity contribution is 6.19. The Kier molecular flexibility index (Phi) is 4.07. The minimum absolute atomic E-state index is 0.0913. The Balaban J connectivity index is 2.62. The summed E-state index contributed by atoms with van der Waals surface area (Å²) < 4.78 is 9.19. The van der Waals surface area contributed by atoms with E-state index in [0.717, 1.165) is 0 Å². The van der Waals surface area contributed by atoms with Gasteiger partial charge in [-0.25, -0.2) is 4.79 Å². The normalized spacial score (nSPS) is 11.6. The number of nitrogens with zero attached hydrogens (tertiary/aromatic N) is 1. The Bertz CT molecular complexity index is 389. The van der Waals surface area contributed by atoms with Crippen molar-refractivity contribution >= 4 is 23.4 Å². The summed E-state index contributed by atoms with van der Waals surface area (Å²) in [6.07, 6.45) is -0.962. The molecule has 1 rings (SSSR count). The van der Waals surface area contributed by atoms with Gasteiger partial charge in [-0.15, -0.1) is 0 Å². The number of nitro benzene ring substituents is 1. The van der Waals surface area contributed by atoms with Gasteiger partial charge in [-0.3, -0.25) is 10.1 Å². The molecule has 1 unspecified atom stereocenters. The Labute approximate surface area is 95.9 Å². The number of alkyl halides is 1. The Morgan fingerprint density at radius 1 is 1.44 bits per heavy atom. The lowest BCUT2D eigenvalue weighted by atomic mass is 10.3. The third-order valence-corrected chi connectivity index (χ3v) is 1.60. The van der Waals surface area contributed by atoms with E-state index in [1.54, 1.807) is 0 Å².